The lowest BCUT2D eigenvalue weighted by molar-refractivity contribution is -0.117. The van der Waals surface area contributed by atoms with E-state index in [1.54, 1.807) is 0 Å². The number of pyridine rings is 1. The van der Waals surface area contributed by atoms with Gasteiger partial charge >= 0.3 is 0 Å². The molecule has 10 heteroatoms. The fourth-order valence-electron chi connectivity index (χ4n) is 8.00. The van der Waals surface area contributed by atoms with Crippen LogP contribution in [0.5, 0.6) is 0 Å². The summed E-state index contributed by atoms with van der Waals surface area (Å²) in [4.78, 5) is 17.0. The van der Waals surface area contributed by atoms with Gasteiger partial charge in [-0.15, -0.1) is 0 Å². The highest BCUT2D eigenvalue weighted by molar-refractivity contribution is 6.16. The van der Waals surface area contributed by atoms with E-state index < -0.39 is 11.6 Å². The number of allylic oxidation sites excluding steroid dienone is 2. The van der Waals surface area contributed by atoms with Crippen LogP contribution in [-0.4, -0.2) is 73.3 Å². The number of nitrogens with zero attached hydrogens (tertiary/aromatic N) is 5. The van der Waals surface area contributed by atoms with E-state index in [4.69, 9.17) is 15.4 Å². The SMILES string of the molecule is C=C1/N=C2\Nc3ccc(CN4CC5(CN(CCc6cc(F)cc(F)c6)C5)C4)cc3N2CCCCCC/C(NC)=C(/C=N)c2cc1cc(C)n2. The summed E-state index contributed by atoms with van der Waals surface area (Å²) in [5.74, 6) is -0.220. The van der Waals surface area contributed by atoms with E-state index in [2.05, 4.69) is 50.1 Å². The molecule has 1 spiro atoms. The number of likely N-dealkylation sites (tertiary alicyclic amines) is 2. The van der Waals surface area contributed by atoms with E-state index in [1.165, 1.54) is 23.9 Å². The maximum Gasteiger partial charge on any atom is 0.208 e. The van der Waals surface area contributed by atoms with Crippen LogP contribution in [0.1, 0.15) is 60.2 Å². The zero-order valence-corrected chi connectivity index (χ0v) is 28.6. The molecule has 0 amide bonds. The lowest BCUT2D eigenvalue weighted by atomic mass is 9.72. The summed E-state index contributed by atoms with van der Waals surface area (Å²) >= 11 is 0. The lowest BCUT2D eigenvalue weighted by Gasteiger charge is -2.60. The van der Waals surface area contributed by atoms with E-state index in [0.29, 0.717) is 17.5 Å². The van der Waals surface area contributed by atoms with Gasteiger partial charge in [-0.3, -0.25) is 9.88 Å². The number of hydrogen-bond acceptors (Lipinski definition) is 8. The maximum absolute atomic E-state index is 13.6. The number of anilines is 2. The van der Waals surface area contributed by atoms with Crippen LogP contribution in [0.3, 0.4) is 0 Å². The second-order valence-electron chi connectivity index (χ2n) is 14.2. The Morgan fingerprint density at radius 3 is 2.47 bits per heavy atom. The van der Waals surface area contributed by atoms with Gasteiger partial charge < -0.3 is 25.8 Å². The Balaban J connectivity index is 1.02. The maximum atomic E-state index is 13.6. The van der Waals surface area contributed by atoms with Gasteiger partial charge in [-0.05, 0) is 80.1 Å². The topological polar surface area (TPSA) is 82.9 Å². The molecule has 2 fully saturated rings. The number of rotatable bonds is 7. The summed E-state index contributed by atoms with van der Waals surface area (Å²) < 4.78 is 27.1. The minimum absolute atomic E-state index is 0.341. The van der Waals surface area contributed by atoms with Crippen LogP contribution in [0.2, 0.25) is 0 Å². The van der Waals surface area contributed by atoms with Crippen LogP contribution >= 0.6 is 0 Å². The van der Waals surface area contributed by atoms with Gasteiger partial charge in [-0.1, -0.05) is 25.5 Å². The third-order valence-corrected chi connectivity index (χ3v) is 10.3. The van der Waals surface area contributed by atoms with Crippen molar-refractivity contribution in [1.82, 2.24) is 20.1 Å². The number of aromatic nitrogens is 1. The first-order chi connectivity index (χ1) is 23.7. The first-order valence-electron chi connectivity index (χ1n) is 17.5. The number of aryl methyl sites for hydroxylation is 1. The molecule has 7 rings (SSSR count). The molecule has 2 bridgehead atoms. The molecule has 256 valence electrons. The molecule has 0 aliphatic carbocycles. The first kappa shape index (κ1) is 33.1. The van der Waals surface area contributed by atoms with Crippen molar-refractivity contribution in [2.45, 2.75) is 52.0 Å². The Kier molecular flexibility index (Phi) is 9.35. The van der Waals surface area contributed by atoms with E-state index in [0.717, 1.165) is 135 Å². The van der Waals surface area contributed by atoms with Crippen molar-refractivity contribution >= 4 is 34.8 Å². The van der Waals surface area contributed by atoms with Crippen molar-refractivity contribution in [2.75, 3.05) is 56.5 Å². The molecule has 4 aliphatic heterocycles. The number of aliphatic imine (C=N–C) groups is 1. The number of nitrogens with one attached hydrogen (secondary N) is 3. The molecule has 2 aromatic carbocycles. The number of fused-ring (bicyclic) bond motifs is 5. The summed E-state index contributed by atoms with van der Waals surface area (Å²) in [6, 6.07) is 14.5. The minimum Gasteiger partial charge on any atom is -0.391 e. The molecule has 5 heterocycles. The van der Waals surface area contributed by atoms with E-state index in [9.17, 15) is 8.78 Å². The standard InChI is InChI=1S/C39H46F2N8/c1-26-14-30-18-36(44-26)33(20-42)34(43-3)8-6-4-5-7-12-49-37-17-29(9-10-35(37)46-38(49)45-27(30)2)21-48-24-39(25-48)22-47(23-39)13-11-28-15-31(40)19-32(41)16-28/h9-10,14-20,42-43H,2,4-8,11-13,21-25H2,1,3H3,(H,45,46)/b34-33+,42-20?. The molecule has 8 nitrogen and oxygen atoms in total. The van der Waals surface area contributed by atoms with Gasteiger partial charge in [0.15, 0.2) is 0 Å². The minimum atomic E-state index is -0.506. The zero-order chi connectivity index (χ0) is 34.1. The normalized spacial score (nSPS) is 22.1. The predicted octanol–water partition coefficient (Wildman–Crippen LogP) is 6.83. The molecule has 3 aromatic rings. The summed E-state index contributed by atoms with van der Waals surface area (Å²) in [7, 11) is 1.92. The van der Waals surface area contributed by atoms with Gasteiger partial charge in [-0.25, -0.2) is 13.8 Å². The second-order valence-corrected chi connectivity index (χ2v) is 14.2. The van der Waals surface area contributed by atoms with Gasteiger partial charge in [-0.2, -0.15) is 0 Å². The average molecular weight is 665 g/mol. The molecule has 0 radical (unpaired) electrons. The summed E-state index contributed by atoms with van der Waals surface area (Å²) in [5.41, 5.74) is 9.58. The fourth-order valence-corrected chi connectivity index (χ4v) is 8.00. The Morgan fingerprint density at radius 1 is 0.959 bits per heavy atom. The van der Waals surface area contributed by atoms with Gasteiger partial charge in [0.2, 0.25) is 5.96 Å². The summed E-state index contributed by atoms with van der Waals surface area (Å²) in [5, 5.41) is 15.1. The molecular formula is C39H46F2N8. The van der Waals surface area contributed by atoms with Crippen molar-refractivity contribution in [1.29, 1.82) is 5.41 Å². The van der Waals surface area contributed by atoms with Crippen molar-refractivity contribution in [3.63, 3.8) is 0 Å². The van der Waals surface area contributed by atoms with Crippen LogP contribution < -0.4 is 15.5 Å². The van der Waals surface area contributed by atoms with Gasteiger partial charge in [0.25, 0.3) is 0 Å². The summed E-state index contributed by atoms with van der Waals surface area (Å²) in [6.45, 7) is 13.2. The Labute approximate surface area is 288 Å². The highest BCUT2D eigenvalue weighted by Gasteiger charge is 2.51. The molecule has 0 saturated carbocycles. The van der Waals surface area contributed by atoms with Crippen LogP contribution in [0.15, 0.2) is 65.8 Å². The van der Waals surface area contributed by atoms with E-state index >= 15 is 0 Å². The number of guanidine groups is 1. The molecule has 2 saturated heterocycles. The predicted molar refractivity (Wildman–Crippen MR) is 195 cm³/mol. The largest absolute Gasteiger partial charge is 0.391 e. The van der Waals surface area contributed by atoms with Crippen LogP contribution in [0.4, 0.5) is 20.2 Å². The highest BCUT2D eigenvalue weighted by Crippen LogP contribution is 2.41. The molecule has 0 atom stereocenters. The lowest BCUT2D eigenvalue weighted by Crippen LogP contribution is -2.71. The third kappa shape index (κ3) is 7.16. The van der Waals surface area contributed by atoms with Crippen LogP contribution in [0, 0.1) is 29.4 Å². The van der Waals surface area contributed by atoms with E-state index in [1.807, 2.05) is 26.1 Å². The molecule has 3 N–H and O–H groups in total. The second kappa shape index (κ2) is 13.8. The average Bonchev–Trinajstić information content (AvgIpc) is 3.36. The molecule has 4 aliphatic rings. The quantitative estimate of drug-likeness (QED) is 0.240. The van der Waals surface area contributed by atoms with Crippen LogP contribution in [-0.2, 0) is 13.0 Å². The smallest absolute Gasteiger partial charge is 0.208 e. The Bertz CT molecular complexity index is 1800. The number of halogens is 2. The summed E-state index contributed by atoms with van der Waals surface area (Å²) in [6.07, 6.45) is 7.23. The fraction of sp³-hybridized carbons (Fsp3) is 0.410. The Morgan fingerprint density at radius 2 is 1.71 bits per heavy atom. The number of benzene rings is 2. The van der Waals surface area contributed by atoms with Gasteiger partial charge in [0.05, 0.1) is 22.8 Å². The molecule has 0 unspecified atom stereocenters. The van der Waals surface area contributed by atoms with Gasteiger partial charge in [0, 0.05) is 93.1 Å². The highest BCUT2D eigenvalue weighted by atomic mass is 19.1. The van der Waals surface area contributed by atoms with Crippen molar-refractivity contribution < 1.29 is 8.78 Å². The van der Waals surface area contributed by atoms with Crippen molar-refractivity contribution in [3.8, 4) is 0 Å². The first-order valence-corrected chi connectivity index (χ1v) is 17.5. The van der Waals surface area contributed by atoms with Crippen molar-refractivity contribution in [3.05, 3.63) is 101 Å². The monoisotopic (exact) mass is 664 g/mol. The number of hydrogen-bond donors (Lipinski definition) is 3. The van der Waals surface area contributed by atoms with E-state index in [-0.39, 0.29) is 0 Å². The van der Waals surface area contributed by atoms with Gasteiger partial charge in [0.1, 0.15) is 11.6 Å². The zero-order valence-electron chi connectivity index (χ0n) is 28.6. The molecule has 49 heavy (non-hydrogen) atoms. The molecular weight excluding hydrogens is 618 g/mol. The van der Waals surface area contributed by atoms with Crippen LogP contribution in [0.25, 0.3) is 11.3 Å². The molecule has 1 aromatic heterocycles. The Hall–Kier alpha value is -4.41. The third-order valence-electron chi connectivity index (χ3n) is 10.3. The van der Waals surface area contributed by atoms with Crippen molar-refractivity contribution in [2.24, 2.45) is 10.4 Å².